The number of halogens is 3. The summed E-state index contributed by atoms with van der Waals surface area (Å²) in [4.78, 5) is 14.2. The highest BCUT2D eigenvalue weighted by Gasteiger charge is 2.54. The van der Waals surface area contributed by atoms with Gasteiger partial charge in [0.1, 0.15) is 18.0 Å². The molecular weight excluding hydrogens is 335 g/mol. The van der Waals surface area contributed by atoms with Crippen molar-refractivity contribution in [2.45, 2.75) is 31.5 Å². The van der Waals surface area contributed by atoms with Crippen LogP contribution in [0, 0.1) is 6.92 Å². The van der Waals surface area contributed by atoms with E-state index in [-0.39, 0.29) is 13.1 Å². The number of nitrogens with zero attached hydrogens (tertiary/aromatic N) is 4. The molecular formula is C16H18F3N5O. The van der Waals surface area contributed by atoms with Crippen LogP contribution in [0.1, 0.15) is 18.5 Å². The molecule has 1 fully saturated rings. The van der Waals surface area contributed by atoms with Crippen LogP contribution in [0.25, 0.3) is 11.1 Å². The molecule has 2 aromatic heterocycles. The van der Waals surface area contributed by atoms with Gasteiger partial charge < -0.3 is 15.7 Å². The van der Waals surface area contributed by atoms with Crippen LogP contribution in [0.2, 0.25) is 0 Å². The van der Waals surface area contributed by atoms with Crippen molar-refractivity contribution in [2.75, 3.05) is 23.7 Å². The molecule has 0 radical (unpaired) electrons. The zero-order valence-electron chi connectivity index (χ0n) is 13.6. The first-order chi connectivity index (χ1) is 11.7. The van der Waals surface area contributed by atoms with Gasteiger partial charge in [0, 0.05) is 43.3 Å². The summed E-state index contributed by atoms with van der Waals surface area (Å²) in [5, 5.41) is 9.84. The molecule has 2 aromatic rings. The molecule has 0 unspecified atom stereocenters. The van der Waals surface area contributed by atoms with Crippen LogP contribution in [-0.4, -0.2) is 44.9 Å². The number of nitrogens with two attached hydrogens (primary N) is 1. The lowest BCUT2D eigenvalue weighted by molar-refractivity contribution is -0.266. The summed E-state index contributed by atoms with van der Waals surface area (Å²) in [5.41, 5.74) is 5.09. The molecule has 25 heavy (non-hydrogen) atoms. The third kappa shape index (κ3) is 3.23. The highest BCUT2D eigenvalue weighted by molar-refractivity contribution is 5.77. The van der Waals surface area contributed by atoms with Crippen molar-refractivity contribution in [3.8, 4) is 11.1 Å². The van der Waals surface area contributed by atoms with Gasteiger partial charge in [-0.2, -0.15) is 13.2 Å². The molecule has 0 saturated carbocycles. The lowest BCUT2D eigenvalue weighted by Gasteiger charge is -2.40. The second kappa shape index (κ2) is 6.14. The standard InChI is InChI=1S/C16H18F3N5O/c1-10-13(11-2-3-12(20)21-8-11)14(23-9-22-10)24-6-4-15(25,5-7-24)16(17,18)19/h2-3,8-9,25H,4-7H2,1H3,(H2,20,21). The highest BCUT2D eigenvalue weighted by atomic mass is 19.4. The number of aryl methyl sites for hydroxylation is 1. The minimum atomic E-state index is -4.63. The Balaban J connectivity index is 1.92. The number of piperidine rings is 1. The quantitative estimate of drug-likeness (QED) is 0.861. The molecule has 0 spiro atoms. The Bertz CT molecular complexity index is 755. The number of hydrogen-bond donors (Lipinski definition) is 2. The molecule has 1 aliphatic rings. The fraction of sp³-hybridized carbons (Fsp3) is 0.438. The van der Waals surface area contributed by atoms with Gasteiger partial charge in [0.15, 0.2) is 5.60 Å². The summed E-state index contributed by atoms with van der Waals surface area (Å²) >= 11 is 0. The first-order valence-corrected chi connectivity index (χ1v) is 7.79. The van der Waals surface area contributed by atoms with Crippen molar-refractivity contribution in [3.05, 3.63) is 30.4 Å². The fourth-order valence-electron chi connectivity index (χ4n) is 2.96. The van der Waals surface area contributed by atoms with Gasteiger partial charge in [0.2, 0.25) is 0 Å². The topological polar surface area (TPSA) is 88.2 Å². The molecule has 3 rings (SSSR count). The maximum atomic E-state index is 13.0. The van der Waals surface area contributed by atoms with Gasteiger partial charge in [-0.1, -0.05) is 0 Å². The van der Waals surface area contributed by atoms with Gasteiger partial charge >= 0.3 is 6.18 Å². The van der Waals surface area contributed by atoms with E-state index < -0.39 is 24.6 Å². The monoisotopic (exact) mass is 353 g/mol. The second-order valence-electron chi connectivity index (χ2n) is 6.15. The van der Waals surface area contributed by atoms with Gasteiger partial charge in [-0.3, -0.25) is 0 Å². The SMILES string of the molecule is Cc1ncnc(N2CCC(O)(C(F)(F)F)CC2)c1-c1ccc(N)nc1. The van der Waals surface area contributed by atoms with Crippen LogP contribution in [0.15, 0.2) is 24.7 Å². The third-order valence-corrected chi connectivity index (χ3v) is 4.51. The Morgan fingerprint density at radius 2 is 1.84 bits per heavy atom. The summed E-state index contributed by atoms with van der Waals surface area (Å²) in [5.74, 6) is 0.899. The molecule has 1 aliphatic heterocycles. The van der Waals surface area contributed by atoms with E-state index in [1.54, 1.807) is 30.2 Å². The van der Waals surface area contributed by atoms with Crippen molar-refractivity contribution < 1.29 is 18.3 Å². The predicted octanol–water partition coefficient (Wildman–Crippen LogP) is 2.32. The van der Waals surface area contributed by atoms with E-state index in [0.717, 1.165) is 5.56 Å². The van der Waals surface area contributed by atoms with Crippen LogP contribution >= 0.6 is 0 Å². The Morgan fingerprint density at radius 3 is 2.40 bits per heavy atom. The molecule has 3 heterocycles. The molecule has 0 aromatic carbocycles. The molecule has 0 bridgehead atoms. The molecule has 134 valence electrons. The Labute approximate surface area is 142 Å². The van der Waals surface area contributed by atoms with Gasteiger partial charge in [0.25, 0.3) is 0 Å². The number of pyridine rings is 1. The van der Waals surface area contributed by atoms with Crippen LogP contribution in [0.5, 0.6) is 0 Å². The minimum absolute atomic E-state index is 0.0435. The lowest BCUT2D eigenvalue weighted by Crippen LogP contribution is -2.53. The number of rotatable bonds is 2. The molecule has 3 N–H and O–H groups in total. The van der Waals surface area contributed by atoms with Crippen LogP contribution < -0.4 is 10.6 Å². The van der Waals surface area contributed by atoms with E-state index >= 15 is 0 Å². The highest BCUT2D eigenvalue weighted by Crippen LogP contribution is 2.40. The first-order valence-electron chi connectivity index (χ1n) is 7.79. The molecule has 9 heteroatoms. The Hall–Kier alpha value is -2.42. The first kappa shape index (κ1) is 17.4. The number of nitrogen functional groups attached to an aromatic ring is 1. The van der Waals surface area contributed by atoms with E-state index in [0.29, 0.717) is 22.9 Å². The zero-order chi connectivity index (χ0) is 18.2. The minimum Gasteiger partial charge on any atom is -0.384 e. The number of aliphatic hydroxyl groups is 1. The largest absolute Gasteiger partial charge is 0.417 e. The molecule has 0 amide bonds. The molecule has 6 nitrogen and oxygen atoms in total. The summed E-state index contributed by atoms with van der Waals surface area (Å²) < 4.78 is 39.0. The second-order valence-corrected chi connectivity index (χ2v) is 6.15. The Kier molecular flexibility index (Phi) is 4.28. The average molecular weight is 353 g/mol. The molecule has 0 aliphatic carbocycles. The van der Waals surface area contributed by atoms with Gasteiger partial charge in [-0.15, -0.1) is 0 Å². The van der Waals surface area contributed by atoms with E-state index in [2.05, 4.69) is 15.0 Å². The number of alkyl halides is 3. The smallest absolute Gasteiger partial charge is 0.384 e. The average Bonchev–Trinajstić information content (AvgIpc) is 2.55. The molecule has 1 saturated heterocycles. The van der Waals surface area contributed by atoms with E-state index in [1.165, 1.54) is 6.33 Å². The van der Waals surface area contributed by atoms with Crippen molar-refractivity contribution in [2.24, 2.45) is 0 Å². The van der Waals surface area contributed by atoms with Gasteiger partial charge in [0.05, 0.1) is 5.69 Å². The normalized spacial score (nSPS) is 17.6. The summed E-state index contributed by atoms with van der Waals surface area (Å²) in [6.45, 7) is 1.89. The van der Waals surface area contributed by atoms with Crippen molar-refractivity contribution >= 4 is 11.6 Å². The van der Waals surface area contributed by atoms with Crippen molar-refractivity contribution in [1.29, 1.82) is 0 Å². The maximum Gasteiger partial charge on any atom is 0.417 e. The van der Waals surface area contributed by atoms with E-state index in [1.807, 2.05) is 0 Å². The summed E-state index contributed by atoms with van der Waals surface area (Å²) in [6, 6.07) is 3.41. The van der Waals surface area contributed by atoms with Crippen LogP contribution in [0.3, 0.4) is 0 Å². The summed E-state index contributed by atoms with van der Waals surface area (Å²) in [7, 11) is 0. The maximum absolute atomic E-state index is 13.0. The number of hydrogen-bond acceptors (Lipinski definition) is 6. The third-order valence-electron chi connectivity index (χ3n) is 4.51. The molecule has 0 atom stereocenters. The van der Waals surface area contributed by atoms with Crippen molar-refractivity contribution in [1.82, 2.24) is 15.0 Å². The number of anilines is 2. The van der Waals surface area contributed by atoms with E-state index in [9.17, 15) is 18.3 Å². The number of aromatic nitrogens is 3. The summed E-state index contributed by atoms with van der Waals surface area (Å²) in [6.07, 6.45) is -2.48. The zero-order valence-corrected chi connectivity index (χ0v) is 13.6. The lowest BCUT2D eigenvalue weighted by atomic mass is 9.90. The van der Waals surface area contributed by atoms with Crippen molar-refractivity contribution in [3.63, 3.8) is 0 Å². The fourth-order valence-corrected chi connectivity index (χ4v) is 2.96. The van der Waals surface area contributed by atoms with Crippen LogP contribution in [0.4, 0.5) is 24.8 Å². The predicted molar refractivity (Wildman–Crippen MR) is 86.9 cm³/mol. The van der Waals surface area contributed by atoms with E-state index in [4.69, 9.17) is 5.73 Å². The van der Waals surface area contributed by atoms with Gasteiger partial charge in [-0.05, 0) is 19.1 Å². The van der Waals surface area contributed by atoms with Gasteiger partial charge in [-0.25, -0.2) is 15.0 Å². The Morgan fingerprint density at radius 1 is 1.16 bits per heavy atom. The van der Waals surface area contributed by atoms with Crippen LogP contribution in [-0.2, 0) is 0 Å².